The first-order valence-electron chi connectivity index (χ1n) is 7.44. The van der Waals surface area contributed by atoms with E-state index in [4.69, 9.17) is 9.47 Å². The fraction of sp³-hybridized carbons (Fsp3) is 0.333. The molecular formula is C18H17F3O2. The second-order valence-electron chi connectivity index (χ2n) is 5.91. The lowest BCUT2D eigenvalue weighted by Gasteiger charge is -2.27. The van der Waals surface area contributed by atoms with Gasteiger partial charge in [0.15, 0.2) is 6.29 Å². The van der Waals surface area contributed by atoms with Gasteiger partial charge >= 0.3 is 0 Å². The normalized spacial score (nSPS) is 21.4. The van der Waals surface area contributed by atoms with Crippen LogP contribution < -0.4 is 0 Å². The standard InChI is InChI=1S/C18H17F3O2/c1-10-8-22-18(23-9-10)12-3-4-14(17(21)5-12)13-6-15(19)11(2)16(20)7-13/h3-7,10,18H,8-9H2,1-2H3. The highest BCUT2D eigenvalue weighted by Gasteiger charge is 2.22. The molecule has 1 aliphatic heterocycles. The van der Waals surface area contributed by atoms with E-state index in [1.54, 1.807) is 6.07 Å². The van der Waals surface area contributed by atoms with E-state index in [9.17, 15) is 13.2 Å². The summed E-state index contributed by atoms with van der Waals surface area (Å²) in [6.07, 6.45) is -0.610. The number of ether oxygens (including phenoxy) is 2. The number of hydrogen-bond donors (Lipinski definition) is 0. The second-order valence-corrected chi connectivity index (χ2v) is 5.91. The van der Waals surface area contributed by atoms with Crippen molar-refractivity contribution in [3.63, 3.8) is 0 Å². The maximum Gasteiger partial charge on any atom is 0.183 e. The van der Waals surface area contributed by atoms with E-state index in [-0.39, 0.29) is 16.7 Å². The van der Waals surface area contributed by atoms with E-state index in [1.807, 2.05) is 6.92 Å². The van der Waals surface area contributed by atoms with Crippen LogP contribution in [0.2, 0.25) is 0 Å². The minimum atomic E-state index is -0.698. The Bertz CT molecular complexity index is 699. The van der Waals surface area contributed by atoms with Crippen molar-refractivity contribution in [2.24, 2.45) is 5.92 Å². The Labute approximate surface area is 132 Å². The summed E-state index contributed by atoms with van der Waals surface area (Å²) in [6, 6.07) is 6.68. The number of halogens is 3. The summed E-state index contributed by atoms with van der Waals surface area (Å²) in [5, 5.41) is 0. The molecule has 3 rings (SSSR count). The fourth-order valence-electron chi connectivity index (χ4n) is 2.50. The molecular weight excluding hydrogens is 305 g/mol. The predicted molar refractivity (Wildman–Crippen MR) is 80.3 cm³/mol. The van der Waals surface area contributed by atoms with Crippen molar-refractivity contribution in [3.05, 3.63) is 58.9 Å². The van der Waals surface area contributed by atoms with E-state index in [0.717, 1.165) is 12.1 Å². The number of benzene rings is 2. The van der Waals surface area contributed by atoms with E-state index in [0.29, 0.717) is 24.7 Å². The van der Waals surface area contributed by atoms with Crippen molar-refractivity contribution >= 4 is 0 Å². The first-order valence-corrected chi connectivity index (χ1v) is 7.44. The molecule has 2 nitrogen and oxygen atoms in total. The van der Waals surface area contributed by atoms with Gasteiger partial charge in [-0.2, -0.15) is 0 Å². The van der Waals surface area contributed by atoms with Crippen LogP contribution in [-0.2, 0) is 9.47 Å². The molecule has 0 saturated carbocycles. The van der Waals surface area contributed by atoms with Crippen LogP contribution in [0.4, 0.5) is 13.2 Å². The van der Waals surface area contributed by atoms with Crippen LogP contribution >= 0.6 is 0 Å². The third kappa shape index (κ3) is 3.26. The van der Waals surface area contributed by atoms with Gasteiger partial charge in [0, 0.05) is 22.6 Å². The highest BCUT2D eigenvalue weighted by Crippen LogP contribution is 2.31. The summed E-state index contributed by atoms with van der Waals surface area (Å²) in [6.45, 7) is 4.43. The van der Waals surface area contributed by atoms with E-state index >= 15 is 0 Å². The molecule has 5 heteroatoms. The fourth-order valence-corrected chi connectivity index (χ4v) is 2.50. The zero-order chi connectivity index (χ0) is 16.6. The van der Waals surface area contributed by atoms with Gasteiger partial charge in [0.1, 0.15) is 17.5 Å². The van der Waals surface area contributed by atoms with Crippen molar-refractivity contribution < 1.29 is 22.6 Å². The predicted octanol–water partition coefficient (Wildman–Crippen LogP) is 4.76. The lowest BCUT2D eigenvalue weighted by Crippen LogP contribution is -2.25. The maximum absolute atomic E-state index is 14.4. The van der Waals surface area contributed by atoms with E-state index in [2.05, 4.69) is 0 Å². The van der Waals surface area contributed by atoms with Crippen molar-refractivity contribution in [2.45, 2.75) is 20.1 Å². The summed E-state index contributed by atoms with van der Waals surface area (Å²) >= 11 is 0. The minimum absolute atomic E-state index is 0.0797. The van der Waals surface area contributed by atoms with Crippen LogP contribution in [-0.4, -0.2) is 13.2 Å². The highest BCUT2D eigenvalue weighted by atomic mass is 19.1. The molecule has 0 spiro atoms. The molecule has 1 heterocycles. The van der Waals surface area contributed by atoms with Crippen LogP contribution in [0, 0.1) is 30.3 Å². The quantitative estimate of drug-likeness (QED) is 0.793. The van der Waals surface area contributed by atoms with Crippen LogP contribution in [0.5, 0.6) is 0 Å². The molecule has 0 bridgehead atoms. The molecule has 122 valence electrons. The van der Waals surface area contributed by atoms with Gasteiger partial charge in [-0.25, -0.2) is 13.2 Å². The molecule has 0 N–H and O–H groups in total. The molecule has 0 atom stereocenters. The SMILES string of the molecule is Cc1c(F)cc(-c2ccc(C3OCC(C)CO3)cc2F)cc1F. The molecule has 0 amide bonds. The average molecular weight is 322 g/mol. The van der Waals surface area contributed by atoms with E-state index < -0.39 is 23.7 Å². The first kappa shape index (κ1) is 16.0. The second kappa shape index (κ2) is 6.34. The molecule has 23 heavy (non-hydrogen) atoms. The van der Waals surface area contributed by atoms with Crippen LogP contribution in [0.15, 0.2) is 30.3 Å². The lowest BCUT2D eigenvalue weighted by atomic mass is 10.0. The van der Waals surface area contributed by atoms with Gasteiger partial charge in [0.25, 0.3) is 0 Å². The smallest absolute Gasteiger partial charge is 0.183 e. The van der Waals surface area contributed by atoms with Crippen LogP contribution in [0.25, 0.3) is 11.1 Å². The number of rotatable bonds is 2. The van der Waals surface area contributed by atoms with Gasteiger partial charge < -0.3 is 9.47 Å². The summed E-state index contributed by atoms with van der Waals surface area (Å²) < 4.78 is 52.7. The molecule has 1 fully saturated rings. The monoisotopic (exact) mass is 322 g/mol. The largest absolute Gasteiger partial charge is 0.348 e. The van der Waals surface area contributed by atoms with Crippen molar-refractivity contribution in [3.8, 4) is 11.1 Å². The maximum atomic E-state index is 14.4. The van der Waals surface area contributed by atoms with Crippen LogP contribution in [0.3, 0.4) is 0 Å². The molecule has 1 aliphatic rings. The minimum Gasteiger partial charge on any atom is -0.348 e. The van der Waals surface area contributed by atoms with Crippen molar-refractivity contribution in [2.75, 3.05) is 13.2 Å². The third-order valence-electron chi connectivity index (χ3n) is 3.92. The van der Waals surface area contributed by atoms with E-state index in [1.165, 1.54) is 19.1 Å². The van der Waals surface area contributed by atoms with Gasteiger partial charge in [0.2, 0.25) is 0 Å². The Hall–Kier alpha value is -1.85. The number of hydrogen-bond acceptors (Lipinski definition) is 2. The topological polar surface area (TPSA) is 18.5 Å². The molecule has 2 aromatic rings. The Morgan fingerprint density at radius 3 is 2.09 bits per heavy atom. The summed E-state index contributed by atoms with van der Waals surface area (Å²) in [5.41, 5.74) is 0.764. The Kier molecular flexibility index (Phi) is 4.41. The average Bonchev–Trinajstić information content (AvgIpc) is 2.53. The molecule has 0 unspecified atom stereocenters. The van der Waals surface area contributed by atoms with Crippen molar-refractivity contribution in [1.29, 1.82) is 0 Å². The third-order valence-corrected chi connectivity index (χ3v) is 3.92. The molecule has 1 saturated heterocycles. The summed E-state index contributed by atoms with van der Waals surface area (Å²) in [4.78, 5) is 0. The lowest BCUT2D eigenvalue weighted by molar-refractivity contribution is -0.202. The summed E-state index contributed by atoms with van der Waals surface area (Å²) in [7, 11) is 0. The van der Waals surface area contributed by atoms with Gasteiger partial charge in [-0.15, -0.1) is 0 Å². The molecule has 0 radical (unpaired) electrons. The Morgan fingerprint density at radius 1 is 0.913 bits per heavy atom. The van der Waals surface area contributed by atoms with Gasteiger partial charge in [-0.3, -0.25) is 0 Å². The van der Waals surface area contributed by atoms with Crippen molar-refractivity contribution in [1.82, 2.24) is 0 Å². The summed E-state index contributed by atoms with van der Waals surface area (Å²) in [5.74, 6) is -1.67. The highest BCUT2D eigenvalue weighted by molar-refractivity contribution is 5.65. The van der Waals surface area contributed by atoms with Crippen LogP contribution in [0.1, 0.15) is 24.3 Å². The zero-order valence-electron chi connectivity index (χ0n) is 12.9. The Morgan fingerprint density at radius 2 is 1.52 bits per heavy atom. The molecule has 0 aromatic heterocycles. The molecule has 0 aliphatic carbocycles. The van der Waals surface area contributed by atoms with Gasteiger partial charge in [-0.1, -0.05) is 19.1 Å². The van der Waals surface area contributed by atoms with Gasteiger partial charge in [-0.05, 0) is 30.7 Å². The first-order chi connectivity index (χ1) is 11.0. The molecule has 2 aromatic carbocycles. The van der Waals surface area contributed by atoms with Gasteiger partial charge in [0.05, 0.1) is 13.2 Å². The Balaban J connectivity index is 1.91. The zero-order valence-corrected chi connectivity index (χ0v) is 12.9.